The molecule has 0 unspecified atom stereocenters. The van der Waals surface area contributed by atoms with Gasteiger partial charge < -0.3 is 10.6 Å². The molecule has 2 heterocycles. The van der Waals surface area contributed by atoms with Crippen LogP contribution in [0.5, 0.6) is 0 Å². The maximum atomic E-state index is 11.5. The summed E-state index contributed by atoms with van der Waals surface area (Å²) in [6.07, 6.45) is 0. The Bertz CT molecular complexity index is 634. The normalized spacial score (nSPS) is 10.2. The van der Waals surface area contributed by atoms with Gasteiger partial charge in [-0.25, -0.2) is 4.98 Å². The molecule has 20 heavy (non-hydrogen) atoms. The second kappa shape index (κ2) is 5.64. The number of nitrogens with one attached hydrogen (secondary N) is 2. The highest BCUT2D eigenvalue weighted by molar-refractivity contribution is 5.93. The van der Waals surface area contributed by atoms with Gasteiger partial charge in [0.2, 0.25) is 0 Å². The van der Waals surface area contributed by atoms with E-state index in [1.807, 2.05) is 32.9 Å². The molecule has 2 rings (SSSR count). The quantitative estimate of drug-likeness (QED) is 0.891. The number of hydrogen-bond donors (Lipinski definition) is 2. The topological polar surface area (TPSA) is 79.8 Å². The van der Waals surface area contributed by atoms with E-state index in [0.29, 0.717) is 17.3 Å². The van der Waals surface area contributed by atoms with E-state index in [-0.39, 0.29) is 5.91 Å². The van der Waals surface area contributed by atoms with Crippen LogP contribution in [-0.4, -0.2) is 28.1 Å². The summed E-state index contributed by atoms with van der Waals surface area (Å²) < 4.78 is 0. The first kappa shape index (κ1) is 13.9. The van der Waals surface area contributed by atoms with Crippen molar-refractivity contribution < 1.29 is 4.79 Å². The number of carbonyl (C=O) groups is 1. The molecule has 0 aliphatic heterocycles. The van der Waals surface area contributed by atoms with Crippen molar-refractivity contribution in [2.45, 2.75) is 20.8 Å². The third-order valence-electron chi connectivity index (χ3n) is 2.78. The molecule has 0 saturated heterocycles. The minimum atomic E-state index is -0.244. The van der Waals surface area contributed by atoms with Gasteiger partial charge in [0.1, 0.15) is 5.82 Å². The number of hydrogen-bond acceptors (Lipinski definition) is 5. The molecule has 2 N–H and O–H groups in total. The van der Waals surface area contributed by atoms with Crippen molar-refractivity contribution in [2.24, 2.45) is 0 Å². The molecular formula is C14H17N5O. The molecule has 0 aliphatic rings. The van der Waals surface area contributed by atoms with E-state index in [0.717, 1.165) is 16.8 Å². The first-order valence-electron chi connectivity index (χ1n) is 6.28. The van der Waals surface area contributed by atoms with Gasteiger partial charge in [0.05, 0.1) is 0 Å². The Morgan fingerprint density at radius 1 is 1.05 bits per heavy atom. The molecule has 6 nitrogen and oxygen atoms in total. The number of rotatable bonds is 3. The van der Waals surface area contributed by atoms with Crippen LogP contribution in [-0.2, 0) is 0 Å². The summed E-state index contributed by atoms with van der Waals surface area (Å²) >= 11 is 0. The summed E-state index contributed by atoms with van der Waals surface area (Å²) in [5.74, 6) is 1.03. The standard InChI is InChI=1S/C14H17N5O/c1-8-5-10(3)16-11(6-8)17-12-7-9(2)13(19-18-12)14(20)15-4/h5-7H,1-4H3,(H,15,20)(H,16,17,18). The van der Waals surface area contributed by atoms with Gasteiger partial charge in [-0.15, -0.1) is 10.2 Å². The molecule has 0 saturated carbocycles. The second-order valence-electron chi connectivity index (χ2n) is 4.64. The smallest absolute Gasteiger partial charge is 0.271 e. The Morgan fingerprint density at radius 3 is 2.40 bits per heavy atom. The minimum absolute atomic E-state index is 0.244. The molecule has 0 bridgehead atoms. The van der Waals surface area contributed by atoms with Crippen LogP contribution in [0.4, 0.5) is 11.6 Å². The van der Waals surface area contributed by atoms with Crippen LogP contribution in [0, 0.1) is 20.8 Å². The van der Waals surface area contributed by atoms with Crippen LogP contribution in [0.3, 0.4) is 0 Å². The van der Waals surface area contributed by atoms with Gasteiger partial charge in [0, 0.05) is 12.7 Å². The third-order valence-corrected chi connectivity index (χ3v) is 2.78. The molecular weight excluding hydrogens is 254 g/mol. The lowest BCUT2D eigenvalue weighted by molar-refractivity contribution is 0.0956. The predicted octanol–water partition coefficient (Wildman–Crippen LogP) is 1.90. The number of pyridine rings is 1. The van der Waals surface area contributed by atoms with Crippen LogP contribution in [0.25, 0.3) is 0 Å². The molecule has 1 amide bonds. The van der Waals surface area contributed by atoms with Crippen molar-refractivity contribution in [1.82, 2.24) is 20.5 Å². The van der Waals surface area contributed by atoms with Gasteiger partial charge in [-0.2, -0.15) is 0 Å². The highest BCUT2D eigenvalue weighted by Crippen LogP contribution is 2.16. The summed E-state index contributed by atoms with van der Waals surface area (Å²) in [6, 6.07) is 5.70. The fourth-order valence-corrected chi connectivity index (χ4v) is 1.93. The number of amides is 1. The summed E-state index contributed by atoms with van der Waals surface area (Å²) in [6.45, 7) is 5.76. The molecule has 0 atom stereocenters. The lowest BCUT2D eigenvalue weighted by Gasteiger charge is -2.08. The Kier molecular flexibility index (Phi) is 3.93. The average Bonchev–Trinajstić information content (AvgIpc) is 2.36. The van der Waals surface area contributed by atoms with Crippen molar-refractivity contribution in [1.29, 1.82) is 0 Å². The Balaban J connectivity index is 2.26. The largest absolute Gasteiger partial charge is 0.354 e. The Labute approximate surface area is 117 Å². The number of nitrogens with zero attached hydrogens (tertiary/aromatic N) is 3. The first-order chi connectivity index (χ1) is 9.49. The summed E-state index contributed by atoms with van der Waals surface area (Å²) in [4.78, 5) is 15.9. The van der Waals surface area contributed by atoms with Gasteiger partial charge in [0.15, 0.2) is 11.5 Å². The van der Waals surface area contributed by atoms with Gasteiger partial charge in [-0.05, 0) is 50.1 Å². The van der Waals surface area contributed by atoms with E-state index in [4.69, 9.17) is 0 Å². The van der Waals surface area contributed by atoms with Crippen LogP contribution in [0.2, 0.25) is 0 Å². The zero-order valence-corrected chi connectivity index (χ0v) is 12.0. The molecule has 2 aromatic heterocycles. The molecule has 2 aromatic rings. The summed E-state index contributed by atoms with van der Waals surface area (Å²) in [5.41, 5.74) is 3.13. The first-order valence-corrected chi connectivity index (χ1v) is 6.28. The van der Waals surface area contributed by atoms with E-state index < -0.39 is 0 Å². The fraction of sp³-hybridized carbons (Fsp3) is 0.286. The zero-order valence-electron chi connectivity index (χ0n) is 12.0. The van der Waals surface area contributed by atoms with Crippen LogP contribution >= 0.6 is 0 Å². The van der Waals surface area contributed by atoms with E-state index in [9.17, 15) is 4.79 Å². The highest BCUT2D eigenvalue weighted by Gasteiger charge is 2.11. The van der Waals surface area contributed by atoms with Gasteiger partial charge in [0.25, 0.3) is 5.91 Å². The lowest BCUT2D eigenvalue weighted by atomic mass is 10.2. The molecule has 6 heteroatoms. The van der Waals surface area contributed by atoms with Crippen molar-refractivity contribution in [3.63, 3.8) is 0 Å². The number of anilines is 2. The highest BCUT2D eigenvalue weighted by atomic mass is 16.1. The summed E-state index contributed by atoms with van der Waals surface area (Å²) in [7, 11) is 1.56. The molecule has 0 radical (unpaired) electrons. The minimum Gasteiger partial charge on any atom is -0.354 e. The van der Waals surface area contributed by atoms with Crippen LogP contribution < -0.4 is 10.6 Å². The van der Waals surface area contributed by atoms with E-state index in [1.165, 1.54) is 0 Å². The van der Waals surface area contributed by atoms with Crippen LogP contribution in [0.1, 0.15) is 27.3 Å². The number of carbonyl (C=O) groups excluding carboxylic acids is 1. The van der Waals surface area contributed by atoms with Crippen molar-refractivity contribution in [3.8, 4) is 0 Å². The Morgan fingerprint density at radius 2 is 1.80 bits per heavy atom. The maximum absolute atomic E-state index is 11.5. The van der Waals surface area contributed by atoms with Crippen LogP contribution in [0.15, 0.2) is 18.2 Å². The van der Waals surface area contributed by atoms with Crippen molar-refractivity contribution >= 4 is 17.5 Å². The zero-order chi connectivity index (χ0) is 14.7. The maximum Gasteiger partial charge on any atom is 0.271 e. The van der Waals surface area contributed by atoms with Crippen molar-refractivity contribution in [2.75, 3.05) is 12.4 Å². The van der Waals surface area contributed by atoms with E-state index in [1.54, 1.807) is 13.1 Å². The van der Waals surface area contributed by atoms with Gasteiger partial charge >= 0.3 is 0 Å². The number of aryl methyl sites for hydroxylation is 3. The average molecular weight is 271 g/mol. The lowest BCUT2D eigenvalue weighted by Crippen LogP contribution is -2.21. The SMILES string of the molecule is CNC(=O)c1nnc(Nc2cc(C)cc(C)n2)cc1C. The monoisotopic (exact) mass is 271 g/mol. The van der Waals surface area contributed by atoms with Crippen molar-refractivity contribution in [3.05, 3.63) is 40.7 Å². The molecule has 0 aliphatic carbocycles. The van der Waals surface area contributed by atoms with E-state index in [2.05, 4.69) is 25.8 Å². The fourth-order valence-electron chi connectivity index (χ4n) is 1.93. The third kappa shape index (κ3) is 3.09. The molecule has 0 spiro atoms. The molecule has 0 aromatic carbocycles. The summed E-state index contributed by atoms with van der Waals surface area (Å²) in [5, 5.41) is 13.6. The second-order valence-corrected chi connectivity index (χ2v) is 4.64. The number of aromatic nitrogens is 3. The Hall–Kier alpha value is -2.50. The molecule has 0 fully saturated rings. The van der Waals surface area contributed by atoms with E-state index >= 15 is 0 Å². The van der Waals surface area contributed by atoms with Gasteiger partial charge in [-0.1, -0.05) is 0 Å². The van der Waals surface area contributed by atoms with Gasteiger partial charge in [-0.3, -0.25) is 4.79 Å². The molecule has 104 valence electrons. The predicted molar refractivity (Wildman–Crippen MR) is 77.2 cm³/mol.